The summed E-state index contributed by atoms with van der Waals surface area (Å²) < 4.78 is 5.23. The van der Waals surface area contributed by atoms with Crippen LogP contribution in [0.5, 0.6) is 5.75 Å². The first-order chi connectivity index (χ1) is 10.7. The number of rotatable bonds is 8. The van der Waals surface area contributed by atoms with Gasteiger partial charge in [0.2, 0.25) is 0 Å². The first-order valence-electron chi connectivity index (χ1n) is 9.06. The van der Waals surface area contributed by atoms with Crippen LogP contribution in [0.2, 0.25) is 0 Å². The lowest BCUT2D eigenvalue weighted by atomic mass is 9.76. The molecule has 1 aromatic rings. The van der Waals surface area contributed by atoms with E-state index in [9.17, 15) is 5.11 Å². The summed E-state index contributed by atoms with van der Waals surface area (Å²) >= 11 is 0. The molecule has 0 bridgehead atoms. The molecule has 1 aliphatic carbocycles. The van der Waals surface area contributed by atoms with Crippen LogP contribution in [-0.4, -0.2) is 18.3 Å². The van der Waals surface area contributed by atoms with Gasteiger partial charge in [0.1, 0.15) is 5.75 Å². The highest BCUT2D eigenvalue weighted by molar-refractivity contribution is 5.29. The Morgan fingerprint density at radius 1 is 1.05 bits per heavy atom. The number of hydrogen-bond acceptors (Lipinski definition) is 2. The van der Waals surface area contributed by atoms with Crippen molar-refractivity contribution in [3.8, 4) is 5.75 Å². The number of aliphatic hydroxyl groups excluding tert-OH is 1. The molecule has 0 spiro atoms. The summed E-state index contributed by atoms with van der Waals surface area (Å²) in [5, 5.41) is 10.4. The standard InChI is InChI=1S/C20H32O2/c1-3-4-5-6-7-20(21)18-10-8-16(9-11-18)17-12-14-19(22-2)15-13-17/h12-16,18,20-21H,3-11H2,1-2H3/t16?,18?,20-/m0/s1. The number of aliphatic hydroxyl groups is 1. The molecule has 2 nitrogen and oxygen atoms in total. The zero-order valence-corrected chi connectivity index (χ0v) is 14.3. The fraction of sp³-hybridized carbons (Fsp3) is 0.700. The molecule has 1 saturated carbocycles. The molecule has 2 heteroatoms. The van der Waals surface area contributed by atoms with Crippen LogP contribution < -0.4 is 4.74 Å². The molecule has 0 heterocycles. The summed E-state index contributed by atoms with van der Waals surface area (Å²) in [5.74, 6) is 2.12. The maximum atomic E-state index is 10.4. The average molecular weight is 304 g/mol. The smallest absolute Gasteiger partial charge is 0.118 e. The molecule has 0 saturated heterocycles. The summed E-state index contributed by atoms with van der Waals surface area (Å²) in [6.45, 7) is 2.23. The molecule has 0 aliphatic heterocycles. The fourth-order valence-corrected chi connectivity index (χ4v) is 3.73. The van der Waals surface area contributed by atoms with E-state index in [-0.39, 0.29) is 6.10 Å². The van der Waals surface area contributed by atoms with Gasteiger partial charge < -0.3 is 9.84 Å². The van der Waals surface area contributed by atoms with Crippen molar-refractivity contribution in [2.24, 2.45) is 5.92 Å². The van der Waals surface area contributed by atoms with Crippen LogP contribution in [0, 0.1) is 5.92 Å². The molecule has 1 fully saturated rings. The van der Waals surface area contributed by atoms with Gasteiger partial charge in [0, 0.05) is 0 Å². The van der Waals surface area contributed by atoms with Crippen LogP contribution in [0.15, 0.2) is 24.3 Å². The van der Waals surface area contributed by atoms with Crippen LogP contribution in [-0.2, 0) is 0 Å². The van der Waals surface area contributed by atoms with Gasteiger partial charge in [-0.2, -0.15) is 0 Å². The van der Waals surface area contributed by atoms with Gasteiger partial charge in [0.15, 0.2) is 0 Å². The average Bonchev–Trinajstić information content (AvgIpc) is 2.59. The zero-order valence-electron chi connectivity index (χ0n) is 14.3. The third-order valence-electron chi connectivity index (χ3n) is 5.26. The van der Waals surface area contributed by atoms with Crippen LogP contribution in [0.1, 0.15) is 76.2 Å². The second-order valence-corrected chi connectivity index (χ2v) is 6.80. The second-order valence-electron chi connectivity index (χ2n) is 6.80. The topological polar surface area (TPSA) is 29.5 Å². The van der Waals surface area contributed by atoms with E-state index in [2.05, 4.69) is 31.2 Å². The molecular weight excluding hydrogens is 272 g/mol. The van der Waals surface area contributed by atoms with Gasteiger partial charge in [-0.05, 0) is 61.6 Å². The van der Waals surface area contributed by atoms with Gasteiger partial charge >= 0.3 is 0 Å². The van der Waals surface area contributed by atoms with E-state index in [0.29, 0.717) is 11.8 Å². The van der Waals surface area contributed by atoms with Crippen LogP contribution >= 0.6 is 0 Å². The molecule has 0 amide bonds. The van der Waals surface area contributed by atoms with Crippen molar-refractivity contribution in [3.63, 3.8) is 0 Å². The minimum Gasteiger partial charge on any atom is -0.497 e. The van der Waals surface area contributed by atoms with Crippen LogP contribution in [0.3, 0.4) is 0 Å². The first kappa shape index (κ1) is 17.3. The largest absolute Gasteiger partial charge is 0.497 e. The molecular formula is C20H32O2. The number of hydrogen-bond donors (Lipinski definition) is 1. The predicted octanol–water partition coefficient (Wildman–Crippen LogP) is 5.30. The Balaban J connectivity index is 1.74. The van der Waals surface area contributed by atoms with Crippen molar-refractivity contribution in [1.82, 2.24) is 0 Å². The third kappa shape index (κ3) is 5.01. The summed E-state index contributed by atoms with van der Waals surface area (Å²) in [6.07, 6.45) is 10.7. The SMILES string of the molecule is CCCCCC[C@H](O)C1CCC(c2ccc(OC)cc2)CC1. The highest BCUT2D eigenvalue weighted by Gasteiger charge is 2.26. The van der Waals surface area contributed by atoms with Crippen LogP contribution in [0.25, 0.3) is 0 Å². The number of unbranched alkanes of at least 4 members (excludes halogenated alkanes) is 3. The molecule has 2 rings (SSSR count). The molecule has 1 atom stereocenters. The maximum absolute atomic E-state index is 10.4. The Hall–Kier alpha value is -1.02. The molecule has 0 unspecified atom stereocenters. The van der Waals surface area contributed by atoms with Crippen molar-refractivity contribution in [2.75, 3.05) is 7.11 Å². The van der Waals surface area contributed by atoms with Gasteiger partial charge in [-0.3, -0.25) is 0 Å². The Kier molecular flexibility index (Phi) is 7.24. The minimum absolute atomic E-state index is 0.0753. The van der Waals surface area contributed by atoms with Gasteiger partial charge in [0.05, 0.1) is 13.2 Å². The van der Waals surface area contributed by atoms with E-state index in [1.165, 1.54) is 56.9 Å². The Morgan fingerprint density at radius 3 is 2.32 bits per heavy atom. The van der Waals surface area contributed by atoms with E-state index < -0.39 is 0 Å². The highest BCUT2D eigenvalue weighted by Crippen LogP contribution is 2.38. The number of ether oxygens (including phenoxy) is 1. The van der Waals surface area contributed by atoms with Gasteiger partial charge in [0.25, 0.3) is 0 Å². The van der Waals surface area contributed by atoms with E-state index in [4.69, 9.17) is 4.74 Å². The van der Waals surface area contributed by atoms with E-state index in [1.807, 2.05) is 0 Å². The van der Waals surface area contributed by atoms with Crippen molar-refractivity contribution < 1.29 is 9.84 Å². The molecule has 1 aliphatic rings. The predicted molar refractivity (Wildman–Crippen MR) is 92.5 cm³/mol. The van der Waals surface area contributed by atoms with Crippen molar-refractivity contribution in [2.45, 2.75) is 76.7 Å². The fourth-order valence-electron chi connectivity index (χ4n) is 3.73. The second kappa shape index (κ2) is 9.19. The number of benzene rings is 1. The molecule has 1 N–H and O–H groups in total. The van der Waals surface area contributed by atoms with Crippen molar-refractivity contribution in [1.29, 1.82) is 0 Å². The van der Waals surface area contributed by atoms with Gasteiger partial charge in [-0.25, -0.2) is 0 Å². The quantitative estimate of drug-likeness (QED) is 0.660. The van der Waals surface area contributed by atoms with Gasteiger partial charge in [-0.1, -0.05) is 44.7 Å². The zero-order chi connectivity index (χ0) is 15.8. The summed E-state index contributed by atoms with van der Waals surface area (Å²) in [7, 11) is 1.71. The van der Waals surface area contributed by atoms with Crippen molar-refractivity contribution >= 4 is 0 Å². The van der Waals surface area contributed by atoms with Gasteiger partial charge in [-0.15, -0.1) is 0 Å². The molecule has 0 aromatic heterocycles. The van der Waals surface area contributed by atoms with Crippen molar-refractivity contribution in [3.05, 3.63) is 29.8 Å². The number of methoxy groups -OCH3 is 1. The molecule has 0 radical (unpaired) electrons. The molecule has 124 valence electrons. The summed E-state index contributed by atoms with van der Waals surface area (Å²) in [4.78, 5) is 0. The monoisotopic (exact) mass is 304 g/mol. The lowest BCUT2D eigenvalue weighted by Gasteiger charge is -2.32. The van der Waals surface area contributed by atoms with Crippen LogP contribution in [0.4, 0.5) is 0 Å². The first-order valence-corrected chi connectivity index (χ1v) is 9.06. The maximum Gasteiger partial charge on any atom is 0.118 e. The Bertz CT molecular complexity index is 404. The molecule has 1 aromatic carbocycles. The summed E-state index contributed by atoms with van der Waals surface area (Å²) in [5.41, 5.74) is 1.43. The van der Waals surface area contributed by atoms with E-state index >= 15 is 0 Å². The van der Waals surface area contributed by atoms with E-state index in [0.717, 1.165) is 12.2 Å². The minimum atomic E-state index is -0.0753. The Labute approximate surface area is 135 Å². The van der Waals surface area contributed by atoms with E-state index in [1.54, 1.807) is 7.11 Å². The lowest BCUT2D eigenvalue weighted by molar-refractivity contribution is 0.0712. The molecule has 22 heavy (non-hydrogen) atoms. The highest BCUT2D eigenvalue weighted by atomic mass is 16.5. The summed E-state index contributed by atoms with van der Waals surface area (Å²) in [6, 6.07) is 8.52. The normalized spacial score (nSPS) is 23.2. The Morgan fingerprint density at radius 2 is 1.73 bits per heavy atom. The lowest BCUT2D eigenvalue weighted by Crippen LogP contribution is -2.25. The third-order valence-corrected chi connectivity index (χ3v) is 5.26.